The Kier molecular flexibility index (Phi) is 4.44. The molecule has 1 fully saturated rings. The Morgan fingerprint density at radius 1 is 1.38 bits per heavy atom. The largest absolute Gasteiger partial charge is 0.468 e. The minimum atomic E-state index is -0.656. The Bertz CT molecular complexity index is 859. The van der Waals surface area contributed by atoms with E-state index in [1.165, 1.54) is 13.3 Å². The van der Waals surface area contributed by atoms with Gasteiger partial charge in [0.05, 0.1) is 31.0 Å². The predicted octanol–water partition coefficient (Wildman–Crippen LogP) is 0.869. The van der Waals surface area contributed by atoms with Crippen LogP contribution >= 0.6 is 0 Å². The third kappa shape index (κ3) is 3.07. The van der Waals surface area contributed by atoms with Gasteiger partial charge in [-0.05, 0) is 24.6 Å². The number of Topliss-reactive ketones (excluding diaryl/α,β-unsaturated/α-hetero) is 1. The summed E-state index contributed by atoms with van der Waals surface area (Å²) >= 11 is 0. The molecule has 126 valence electrons. The number of piperidine rings is 1. The molecule has 0 N–H and O–H groups in total. The quantitative estimate of drug-likeness (QED) is 0.777. The van der Waals surface area contributed by atoms with E-state index in [0.29, 0.717) is 24.0 Å². The maximum atomic E-state index is 12.3. The number of carbonyl (C=O) groups excluding carboxylic acids is 2. The summed E-state index contributed by atoms with van der Waals surface area (Å²) in [6, 6.07) is 5.03. The van der Waals surface area contributed by atoms with Gasteiger partial charge in [-0.2, -0.15) is 0 Å². The standard InChI is InChI=1S/C17H19N3O4/c1-11-3-4-13-14(7-11)20(16(22)9-18-13)10-19-6-5-12(21)8-15(19)17(23)24-2/h3-4,7,9,15H,5-6,8,10H2,1-2H3. The van der Waals surface area contributed by atoms with E-state index in [4.69, 9.17) is 4.74 Å². The lowest BCUT2D eigenvalue weighted by Gasteiger charge is -2.33. The van der Waals surface area contributed by atoms with Gasteiger partial charge in [-0.15, -0.1) is 0 Å². The molecule has 0 aliphatic carbocycles. The highest BCUT2D eigenvalue weighted by molar-refractivity contribution is 5.87. The maximum Gasteiger partial charge on any atom is 0.323 e. The first-order valence-electron chi connectivity index (χ1n) is 7.79. The predicted molar refractivity (Wildman–Crippen MR) is 87.5 cm³/mol. The molecular formula is C17H19N3O4. The van der Waals surface area contributed by atoms with Gasteiger partial charge in [-0.25, -0.2) is 4.98 Å². The number of esters is 1. The molecule has 1 unspecified atom stereocenters. The van der Waals surface area contributed by atoms with E-state index in [-0.39, 0.29) is 24.4 Å². The Hall–Kier alpha value is -2.54. The SMILES string of the molecule is COC(=O)C1CC(=O)CCN1Cn1c(=O)cnc2ccc(C)cc21. The van der Waals surface area contributed by atoms with Crippen molar-refractivity contribution in [1.82, 2.24) is 14.5 Å². The Morgan fingerprint density at radius 2 is 2.17 bits per heavy atom. The first-order valence-corrected chi connectivity index (χ1v) is 7.79. The number of aromatic nitrogens is 2. The summed E-state index contributed by atoms with van der Waals surface area (Å²) in [5, 5.41) is 0. The van der Waals surface area contributed by atoms with Crippen LogP contribution in [-0.2, 0) is 21.0 Å². The highest BCUT2D eigenvalue weighted by Crippen LogP contribution is 2.18. The summed E-state index contributed by atoms with van der Waals surface area (Å²) in [4.78, 5) is 42.0. The van der Waals surface area contributed by atoms with E-state index >= 15 is 0 Å². The van der Waals surface area contributed by atoms with Crippen molar-refractivity contribution in [3.63, 3.8) is 0 Å². The molecule has 1 aromatic heterocycles. The van der Waals surface area contributed by atoms with Crippen molar-refractivity contribution in [2.24, 2.45) is 0 Å². The number of fused-ring (bicyclic) bond motifs is 1. The zero-order chi connectivity index (χ0) is 17.3. The Labute approximate surface area is 138 Å². The number of ether oxygens (including phenoxy) is 1. The zero-order valence-corrected chi connectivity index (χ0v) is 13.7. The van der Waals surface area contributed by atoms with E-state index in [0.717, 1.165) is 5.56 Å². The van der Waals surface area contributed by atoms with Crippen LogP contribution in [0.25, 0.3) is 11.0 Å². The van der Waals surface area contributed by atoms with Gasteiger partial charge in [0.25, 0.3) is 5.56 Å². The van der Waals surface area contributed by atoms with Crippen LogP contribution in [0.5, 0.6) is 0 Å². The van der Waals surface area contributed by atoms with Crippen LogP contribution in [0.15, 0.2) is 29.2 Å². The van der Waals surface area contributed by atoms with Gasteiger partial charge < -0.3 is 4.74 Å². The van der Waals surface area contributed by atoms with E-state index in [2.05, 4.69) is 4.98 Å². The number of methoxy groups -OCH3 is 1. The fourth-order valence-electron chi connectivity index (χ4n) is 3.01. The number of nitrogens with zero attached hydrogens (tertiary/aromatic N) is 3. The molecule has 2 heterocycles. The molecule has 1 aliphatic rings. The van der Waals surface area contributed by atoms with E-state index in [9.17, 15) is 14.4 Å². The minimum absolute atomic E-state index is 0.0319. The van der Waals surface area contributed by atoms with Gasteiger partial charge in [-0.1, -0.05) is 6.07 Å². The Balaban J connectivity index is 2.00. The summed E-state index contributed by atoms with van der Waals surface area (Å²) in [6.07, 6.45) is 1.76. The summed E-state index contributed by atoms with van der Waals surface area (Å²) in [5.41, 5.74) is 2.20. The number of likely N-dealkylation sites (tertiary alicyclic amines) is 1. The van der Waals surface area contributed by atoms with Crippen molar-refractivity contribution in [2.45, 2.75) is 32.5 Å². The number of aryl methyl sites for hydroxylation is 1. The summed E-state index contributed by atoms with van der Waals surface area (Å²) < 4.78 is 6.39. The lowest BCUT2D eigenvalue weighted by atomic mass is 10.0. The van der Waals surface area contributed by atoms with Crippen LogP contribution in [0, 0.1) is 6.92 Å². The maximum absolute atomic E-state index is 12.3. The van der Waals surface area contributed by atoms with Crippen molar-refractivity contribution in [3.8, 4) is 0 Å². The zero-order valence-electron chi connectivity index (χ0n) is 13.7. The summed E-state index contributed by atoms with van der Waals surface area (Å²) in [7, 11) is 1.30. The van der Waals surface area contributed by atoms with Crippen molar-refractivity contribution < 1.29 is 14.3 Å². The molecule has 1 saturated heterocycles. The number of ketones is 1. The second-order valence-electron chi connectivity index (χ2n) is 6.00. The lowest BCUT2D eigenvalue weighted by molar-refractivity contribution is -0.151. The molecule has 0 bridgehead atoms. The summed E-state index contributed by atoms with van der Waals surface area (Å²) in [6.45, 7) is 2.58. The molecule has 0 spiro atoms. The fraction of sp³-hybridized carbons (Fsp3) is 0.412. The smallest absolute Gasteiger partial charge is 0.323 e. The number of benzene rings is 1. The fourth-order valence-corrected chi connectivity index (χ4v) is 3.01. The first-order chi connectivity index (χ1) is 11.5. The van der Waals surface area contributed by atoms with Crippen molar-refractivity contribution in [1.29, 1.82) is 0 Å². The van der Waals surface area contributed by atoms with Crippen molar-refractivity contribution in [3.05, 3.63) is 40.3 Å². The van der Waals surface area contributed by atoms with Gasteiger partial charge >= 0.3 is 5.97 Å². The highest BCUT2D eigenvalue weighted by atomic mass is 16.5. The van der Waals surface area contributed by atoms with Crippen molar-refractivity contribution >= 4 is 22.8 Å². The average molecular weight is 329 g/mol. The molecule has 2 aromatic rings. The molecule has 1 aliphatic heterocycles. The summed E-state index contributed by atoms with van der Waals surface area (Å²) in [5.74, 6) is -0.421. The monoisotopic (exact) mass is 329 g/mol. The average Bonchev–Trinajstić information content (AvgIpc) is 2.58. The molecule has 0 amide bonds. The lowest BCUT2D eigenvalue weighted by Crippen LogP contribution is -2.49. The molecule has 7 nitrogen and oxygen atoms in total. The molecule has 3 rings (SSSR count). The molecule has 7 heteroatoms. The van der Waals surface area contributed by atoms with Crippen LogP contribution in [0.2, 0.25) is 0 Å². The number of hydrogen-bond donors (Lipinski definition) is 0. The minimum Gasteiger partial charge on any atom is -0.468 e. The van der Waals surface area contributed by atoms with Gasteiger partial charge in [0.2, 0.25) is 0 Å². The third-order valence-corrected chi connectivity index (χ3v) is 4.34. The van der Waals surface area contributed by atoms with Crippen LogP contribution in [0.4, 0.5) is 0 Å². The van der Waals surface area contributed by atoms with Gasteiger partial charge in [-0.3, -0.25) is 23.9 Å². The van der Waals surface area contributed by atoms with E-state index in [1.807, 2.05) is 30.0 Å². The van der Waals surface area contributed by atoms with Crippen LogP contribution in [0.1, 0.15) is 18.4 Å². The second-order valence-corrected chi connectivity index (χ2v) is 6.00. The highest BCUT2D eigenvalue weighted by Gasteiger charge is 2.33. The number of carbonyl (C=O) groups is 2. The van der Waals surface area contributed by atoms with E-state index in [1.54, 1.807) is 4.57 Å². The van der Waals surface area contributed by atoms with Gasteiger partial charge in [0, 0.05) is 19.4 Å². The van der Waals surface area contributed by atoms with Crippen molar-refractivity contribution in [2.75, 3.05) is 13.7 Å². The normalized spacial score (nSPS) is 18.8. The topological polar surface area (TPSA) is 81.5 Å². The van der Waals surface area contributed by atoms with E-state index < -0.39 is 12.0 Å². The van der Waals surface area contributed by atoms with Crippen LogP contribution < -0.4 is 5.56 Å². The van der Waals surface area contributed by atoms with Gasteiger partial charge in [0.1, 0.15) is 11.8 Å². The number of hydrogen-bond acceptors (Lipinski definition) is 6. The second kappa shape index (κ2) is 6.52. The van der Waals surface area contributed by atoms with Crippen LogP contribution in [0.3, 0.4) is 0 Å². The Morgan fingerprint density at radius 3 is 2.92 bits per heavy atom. The number of rotatable bonds is 3. The van der Waals surface area contributed by atoms with Crippen LogP contribution in [-0.4, -0.2) is 45.9 Å². The molecule has 24 heavy (non-hydrogen) atoms. The molecule has 1 atom stereocenters. The van der Waals surface area contributed by atoms with Gasteiger partial charge in [0.15, 0.2) is 0 Å². The first kappa shape index (κ1) is 16.3. The third-order valence-electron chi connectivity index (χ3n) is 4.34. The molecular weight excluding hydrogens is 310 g/mol. The molecule has 0 saturated carbocycles. The molecule has 0 radical (unpaired) electrons. The molecule has 1 aromatic carbocycles.